The van der Waals surface area contributed by atoms with Crippen LogP contribution in [0.1, 0.15) is 29.9 Å². The molecule has 2 fully saturated rings. The second-order valence-electron chi connectivity index (χ2n) is 9.56. The number of nitrogens with one attached hydrogen (secondary N) is 1. The molecule has 1 aromatic carbocycles. The summed E-state index contributed by atoms with van der Waals surface area (Å²) in [6.45, 7) is 7.41. The van der Waals surface area contributed by atoms with Gasteiger partial charge in [-0.3, -0.25) is 9.48 Å². The molecule has 35 heavy (non-hydrogen) atoms. The molecule has 2 saturated heterocycles. The molecule has 1 amide bonds. The number of hydrogen-bond acceptors (Lipinski definition) is 7. The molecule has 2 aliphatic heterocycles. The molecule has 0 bridgehead atoms. The number of piperazine rings is 1. The van der Waals surface area contributed by atoms with E-state index in [2.05, 4.69) is 20.2 Å². The van der Waals surface area contributed by atoms with Crippen LogP contribution in [-0.4, -0.2) is 69.4 Å². The number of aromatic nitrogens is 4. The number of nitrogens with zero attached hydrogens (tertiary/aromatic N) is 6. The Morgan fingerprint density at radius 1 is 1.06 bits per heavy atom. The van der Waals surface area contributed by atoms with Gasteiger partial charge in [-0.2, -0.15) is 5.10 Å². The van der Waals surface area contributed by atoms with Crippen LogP contribution in [0.5, 0.6) is 5.75 Å². The second kappa shape index (κ2) is 9.30. The quantitative estimate of drug-likeness (QED) is 0.607. The number of carbonyl (C=O) groups is 1. The Balaban J connectivity index is 1.31. The van der Waals surface area contributed by atoms with Gasteiger partial charge in [0.25, 0.3) is 0 Å². The zero-order valence-electron chi connectivity index (χ0n) is 20.9. The van der Waals surface area contributed by atoms with Crippen LogP contribution in [0.2, 0.25) is 0 Å². The minimum absolute atomic E-state index is 0.163. The van der Waals surface area contributed by atoms with Crippen LogP contribution in [0.3, 0.4) is 0 Å². The molecule has 4 heterocycles. The Bertz CT molecular complexity index is 1190. The van der Waals surface area contributed by atoms with E-state index in [-0.39, 0.29) is 5.91 Å². The maximum Gasteiger partial charge on any atom is 0.243 e. The molecule has 5 rings (SSSR count). The maximum absolute atomic E-state index is 13.8. The van der Waals surface area contributed by atoms with Crippen molar-refractivity contribution in [3.8, 4) is 16.9 Å². The Morgan fingerprint density at radius 3 is 2.40 bits per heavy atom. The van der Waals surface area contributed by atoms with Crippen molar-refractivity contribution in [1.82, 2.24) is 30.0 Å². The Kier molecular flexibility index (Phi) is 6.19. The van der Waals surface area contributed by atoms with Crippen LogP contribution in [0, 0.1) is 13.8 Å². The van der Waals surface area contributed by atoms with E-state index < -0.39 is 5.54 Å². The average Bonchev–Trinajstić information content (AvgIpc) is 3.22. The number of anilines is 1. The molecule has 0 atom stereocenters. The Hall–Kier alpha value is -3.46. The predicted molar refractivity (Wildman–Crippen MR) is 134 cm³/mol. The lowest BCUT2D eigenvalue weighted by Gasteiger charge is -2.47. The summed E-state index contributed by atoms with van der Waals surface area (Å²) >= 11 is 0. The monoisotopic (exact) mass is 475 g/mol. The van der Waals surface area contributed by atoms with Gasteiger partial charge in [0.1, 0.15) is 11.3 Å². The molecule has 0 radical (unpaired) electrons. The van der Waals surface area contributed by atoms with Crippen LogP contribution >= 0.6 is 0 Å². The summed E-state index contributed by atoms with van der Waals surface area (Å²) in [6.07, 6.45) is 3.47. The summed E-state index contributed by atoms with van der Waals surface area (Å²) in [7, 11) is 3.58. The summed E-state index contributed by atoms with van der Waals surface area (Å²) in [5, 5.41) is 8.27. The summed E-state index contributed by atoms with van der Waals surface area (Å²) in [5.74, 6) is 1.74. The van der Waals surface area contributed by atoms with Gasteiger partial charge in [0.05, 0.1) is 19.3 Å². The molecule has 0 unspecified atom stereocenters. The number of amides is 1. The Morgan fingerprint density at radius 2 is 1.74 bits per heavy atom. The van der Waals surface area contributed by atoms with E-state index in [0.29, 0.717) is 13.1 Å². The molecule has 2 aliphatic rings. The summed E-state index contributed by atoms with van der Waals surface area (Å²) < 4.78 is 7.11. The molecule has 1 spiro atoms. The second-order valence-corrected chi connectivity index (χ2v) is 9.56. The van der Waals surface area contributed by atoms with E-state index in [0.717, 1.165) is 72.4 Å². The van der Waals surface area contributed by atoms with Gasteiger partial charge in [0, 0.05) is 56.4 Å². The fraction of sp³-hybridized carbons (Fsp3) is 0.462. The molecule has 2 aromatic heterocycles. The third-order valence-corrected chi connectivity index (χ3v) is 7.06. The van der Waals surface area contributed by atoms with Crippen molar-refractivity contribution in [3.05, 3.63) is 53.6 Å². The van der Waals surface area contributed by atoms with E-state index >= 15 is 0 Å². The van der Waals surface area contributed by atoms with E-state index in [1.807, 2.05) is 67.0 Å². The fourth-order valence-corrected chi connectivity index (χ4v) is 5.23. The minimum Gasteiger partial charge on any atom is -0.497 e. The first-order valence-electron chi connectivity index (χ1n) is 12.2. The SMILES string of the molecule is COc1ccc(-c2cn(C)nc2CN2CCNC3(CCN(c4nc(C)cc(C)n4)CC3)C2=O)cc1. The molecule has 184 valence electrons. The van der Waals surface area contributed by atoms with Crippen LogP contribution in [-0.2, 0) is 18.4 Å². The molecule has 3 aromatic rings. The number of benzene rings is 1. The lowest BCUT2D eigenvalue weighted by molar-refractivity contribution is -0.143. The fourth-order valence-electron chi connectivity index (χ4n) is 5.23. The first-order chi connectivity index (χ1) is 16.9. The minimum atomic E-state index is -0.539. The van der Waals surface area contributed by atoms with Crippen molar-refractivity contribution in [3.63, 3.8) is 0 Å². The van der Waals surface area contributed by atoms with E-state index in [9.17, 15) is 4.79 Å². The molecule has 9 heteroatoms. The first-order valence-corrected chi connectivity index (χ1v) is 12.2. The summed E-state index contributed by atoms with van der Waals surface area (Å²) in [4.78, 5) is 27.1. The molecule has 0 saturated carbocycles. The third-order valence-electron chi connectivity index (χ3n) is 7.06. The topological polar surface area (TPSA) is 88.4 Å². The number of rotatable bonds is 5. The lowest BCUT2D eigenvalue weighted by Crippen LogP contribution is -2.67. The van der Waals surface area contributed by atoms with Gasteiger partial charge in [-0.1, -0.05) is 12.1 Å². The number of methoxy groups -OCH3 is 1. The lowest BCUT2D eigenvalue weighted by atomic mass is 9.84. The smallest absolute Gasteiger partial charge is 0.243 e. The van der Waals surface area contributed by atoms with Crippen molar-refractivity contribution in [2.45, 2.75) is 38.8 Å². The third kappa shape index (κ3) is 4.60. The number of hydrogen-bond donors (Lipinski definition) is 1. The van der Waals surface area contributed by atoms with Crippen LogP contribution in [0.15, 0.2) is 36.5 Å². The van der Waals surface area contributed by atoms with Gasteiger partial charge >= 0.3 is 0 Å². The van der Waals surface area contributed by atoms with E-state index in [1.165, 1.54) is 0 Å². The number of piperidine rings is 1. The van der Waals surface area contributed by atoms with Gasteiger partial charge < -0.3 is 19.9 Å². The highest BCUT2D eigenvalue weighted by atomic mass is 16.5. The van der Waals surface area contributed by atoms with Crippen molar-refractivity contribution in [2.24, 2.45) is 7.05 Å². The van der Waals surface area contributed by atoms with E-state index in [1.54, 1.807) is 7.11 Å². The largest absolute Gasteiger partial charge is 0.497 e. The highest BCUT2D eigenvalue weighted by molar-refractivity contribution is 5.87. The van der Waals surface area contributed by atoms with Gasteiger partial charge in [-0.15, -0.1) is 0 Å². The number of carbonyl (C=O) groups excluding carboxylic acids is 1. The van der Waals surface area contributed by atoms with Gasteiger partial charge in [-0.25, -0.2) is 9.97 Å². The summed E-state index contributed by atoms with van der Waals surface area (Å²) in [6, 6.07) is 9.95. The first kappa shape index (κ1) is 23.3. The van der Waals surface area contributed by atoms with Crippen molar-refractivity contribution < 1.29 is 9.53 Å². The average molecular weight is 476 g/mol. The standard InChI is InChI=1S/C26H33N7O2/c1-18-15-19(2)29-25(28-18)32-12-9-26(10-13-32)24(34)33(14-11-27-26)17-23-22(16-31(3)30-23)20-5-7-21(35-4)8-6-20/h5-8,15-16,27H,9-14,17H2,1-4H3. The summed E-state index contributed by atoms with van der Waals surface area (Å²) in [5.41, 5.74) is 4.40. The molecular formula is C26H33N7O2. The highest BCUT2D eigenvalue weighted by Crippen LogP contribution is 2.31. The highest BCUT2D eigenvalue weighted by Gasteiger charge is 2.46. The predicted octanol–water partition coefficient (Wildman–Crippen LogP) is 2.47. The molecule has 0 aliphatic carbocycles. The molecule has 9 nitrogen and oxygen atoms in total. The number of ether oxygens (including phenoxy) is 1. The molecule has 1 N–H and O–H groups in total. The van der Waals surface area contributed by atoms with Crippen molar-refractivity contribution >= 4 is 11.9 Å². The van der Waals surface area contributed by atoms with Gasteiger partial charge in [0.15, 0.2) is 0 Å². The van der Waals surface area contributed by atoms with Crippen molar-refractivity contribution in [1.29, 1.82) is 0 Å². The van der Waals surface area contributed by atoms with Crippen molar-refractivity contribution in [2.75, 3.05) is 38.2 Å². The van der Waals surface area contributed by atoms with Crippen LogP contribution < -0.4 is 15.0 Å². The zero-order valence-corrected chi connectivity index (χ0v) is 20.9. The Labute approximate surface area is 206 Å². The van der Waals surface area contributed by atoms with Crippen LogP contribution in [0.25, 0.3) is 11.1 Å². The maximum atomic E-state index is 13.8. The number of aryl methyl sites for hydroxylation is 3. The normalized spacial score (nSPS) is 17.8. The zero-order chi connectivity index (χ0) is 24.6. The van der Waals surface area contributed by atoms with Gasteiger partial charge in [0.2, 0.25) is 11.9 Å². The molecular weight excluding hydrogens is 442 g/mol. The van der Waals surface area contributed by atoms with Gasteiger partial charge in [-0.05, 0) is 50.5 Å². The van der Waals surface area contributed by atoms with Crippen LogP contribution in [0.4, 0.5) is 5.95 Å². The van der Waals surface area contributed by atoms with E-state index in [4.69, 9.17) is 9.84 Å².